The molecule has 6 nitrogen and oxygen atoms in total. The number of ether oxygens (including phenoxy) is 2. The van der Waals surface area contributed by atoms with Crippen LogP contribution < -0.4 is 4.74 Å². The van der Waals surface area contributed by atoms with Crippen LogP contribution in [0.3, 0.4) is 0 Å². The van der Waals surface area contributed by atoms with E-state index >= 15 is 0 Å². The highest BCUT2D eigenvalue weighted by atomic mass is 16.5. The second kappa shape index (κ2) is 6.83. The molecular weight excluding hydrogens is 294 g/mol. The van der Waals surface area contributed by atoms with Crippen molar-refractivity contribution in [1.82, 2.24) is 14.9 Å². The maximum Gasteiger partial charge on any atom is 0.252 e. The third kappa shape index (κ3) is 3.53. The van der Waals surface area contributed by atoms with E-state index < -0.39 is 6.10 Å². The number of aromatic amines is 1. The topological polar surface area (TPSA) is 67.5 Å². The van der Waals surface area contributed by atoms with E-state index in [0.717, 1.165) is 17.0 Å². The highest BCUT2D eigenvalue weighted by molar-refractivity contribution is 5.82. The van der Waals surface area contributed by atoms with Crippen LogP contribution >= 0.6 is 0 Å². The molecule has 0 spiro atoms. The lowest BCUT2D eigenvalue weighted by molar-refractivity contribution is -0.159. The summed E-state index contributed by atoms with van der Waals surface area (Å²) in [5.74, 6) is 0.835. The van der Waals surface area contributed by atoms with E-state index in [9.17, 15) is 4.79 Å². The van der Waals surface area contributed by atoms with Gasteiger partial charge in [0.15, 0.2) is 0 Å². The maximum absolute atomic E-state index is 12.7. The minimum atomic E-state index is -0.454. The van der Waals surface area contributed by atoms with Crippen molar-refractivity contribution in [1.29, 1.82) is 0 Å². The molecule has 122 valence electrons. The zero-order chi connectivity index (χ0) is 16.2. The first-order valence-corrected chi connectivity index (χ1v) is 7.69. The molecule has 1 aliphatic rings. The molecule has 23 heavy (non-hydrogen) atoms. The van der Waals surface area contributed by atoms with Gasteiger partial charge in [0, 0.05) is 24.9 Å². The van der Waals surface area contributed by atoms with E-state index in [0.29, 0.717) is 19.6 Å². The molecule has 0 saturated carbocycles. The van der Waals surface area contributed by atoms with Crippen molar-refractivity contribution in [3.8, 4) is 5.75 Å². The second-order valence-corrected chi connectivity index (χ2v) is 5.77. The van der Waals surface area contributed by atoms with Crippen LogP contribution in [0.2, 0.25) is 0 Å². The largest absolute Gasteiger partial charge is 0.497 e. The predicted octanol–water partition coefficient (Wildman–Crippen LogP) is 1.78. The van der Waals surface area contributed by atoms with Gasteiger partial charge in [0.2, 0.25) is 0 Å². The van der Waals surface area contributed by atoms with Gasteiger partial charge in [-0.25, -0.2) is 4.98 Å². The van der Waals surface area contributed by atoms with Crippen molar-refractivity contribution in [3.05, 3.63) is 48.0 Å². The van der Waals surface area contributed by atoms with Crippen molar-refractivity contribution < 1.29 is 14.3 Å². The van der Waals surface area contributed by atoms with Crippen LogP contribution in [0, 0.1) is 0 Å². The third-order valence-electron chi connectivity index (χ3n) is 4.10. The SMILES string of the molecule is COc1ccc(CN2C(=O)C(Cc3cnc[nH]3)OCC2C)cc1. The number of nitrogens with one attached hydrogen (secondary N) is 1. The number of hydrogen-bond donors (Lipinski definition) is 1. The quantitative estimate of drug-likeness (QED) is 0.913. The van der Waals surface area contributed by atoms with Crippen LogP contribution in [0.5, 0.6) is 5.75 Å². The molecule has 3 rings (SSSR count). The smallest absolute Gasteiger partial charge is 0.252 e. The fourth-order valence-electron chi connectivity index (χ4n) is 2.72. The predicted molar refractivity (Wildman–Crippen MR) is 85.0 cm³/mol. The molecule has 0 bridgehead atoms. The fraction of sp³-hybridized carbons (Fsp3) is 0.412. The van der Waals surface area contributed by atoms with Crippen molar-refractivity contribution in [2.75, 3.05) is 13.7 Å². The van der Waals surface area contributed by atoms with Crippen LogP contribution in [0.4, 0.5) is 0 Å². The lowest BCUT2D eigenvalue weighted by Gasteiger charge is -2.37. The maximum atomic E-state index is 12.7. The minimum absolute atomic E-state index is 0.0224. The Hall–Kier alpha value is -2.34. The van der Waals surface area contributed by atoms with E-state index in [2.05, 4.69) is 9.97 Å². The zero-order valence-electron chi connectivity index (χ0n) is 13.4. The Morgan fingerprint density at radius 3 is 2.83 bits per heavy atom. The summed E-state index contributed by atoms with van der Waals surface area (Å²) in [5.41, 5.74) is 1.98. The van der Waals surface area contributed by atoms with Gasteiger partial charge in [0.05, 0.1) is 26.1 Å². The van der Waals surface area contributed by atoms with Gasteiger partial charge in [-0.1, -0.05) is 12.1 Å². The molecule has 1 saturated heterocycles. The standard InChI is InChI=1S/C17H21N3O3/c1-12-10-23-16(7-14-8-18-11-19-14)17(21)20(12)9-13-3-5-15(22-2)6-4-13/h3-6,8,11-12,16H,7,9-10H2,1-2H3,(H,18,19). The number of hydrogen-bond acceptors (Lipinski definition) is 4. The molecular formula is C17H21N3O3. The summed E-state index contributed by atoms with van der Waals surface area (Å²) in [7, 11) is 1.64. The third-order valence-corrected chi connectivity index (χ3v) is 4.10. The molecule has 1 fully saturated rings. The van der Waals surface area contributed by atoms with Gasteiger partial charge in [0.1, 0.15) is 11.9 Å². The van der Waals surface area contributed by atoms with E-state index in [-0.39, 0.29) is 11.9 Å². The molecule has 1 aliphatic heterocycles. The average Bonchev–Trinajstić information content (AvgIpc) is 3.08. The van der Waals surface area contributed by atoms with Crippen LogP contribution in [-0.4, -0.2) is 46.6 Å². The number of amides is 1. The van der Waals surface area contributed by atoms with Crippen molar-refractivity contribution in [2.24, 2.45) is 0 Å². The van der Waals surface area contributed by atoms with Crippen LogP contribution in [0.1, 0.15) is 18.2 Å². The number of morpholine rings is 1. The summed E-state index contributed by atoms with van der Waals surface area (Å²) in [4.78, 5) is 21.6. The van der Waals surface area contributed by atoms with E-state index in [1.54, 1.807) is 19.6 Å². The van der Waals surface area contributed by atoms with Gasteiger partial charge in [0.25, 0.3) is 5.91 Å². The summed E-state index contributed by atoms with van der Waals surface area (Å²) in [6, 6.07) is 7.85. The van der Waals surface area contributed by atoms with Crippen LogP contribution in [0.15, 0.2) is 36.8 Å². The lowest BCUT2D eigenvalue weighted by Crippen LogP contribution is -2.52. The summed E-state index contributed by atoms with van der Waals surface area (Å²) < 4.78 is 10.9. The molecule has 1 aromatic heterocycles. The molecule has 0 radical (unpaired) electrons. The van der Waals surface area contributed by atoms with E-state index in [1.165, 1.54) is 0 Å². The summed E-state index contributed by atoms with van der Waals surface area (Å²) in [6.45, 7) is 3.13. The first kappa shape index (κ1) is 15.6. The Kier molecular flexibility index (Phi) is 4.62. The molecule has 2 heterocycles. The Labute approximate surface area is 135 Å². The van der Waals surface area contributed by atoms with Crippen LogP contribution in [-0.2, 0) is 22.5 Å². The van der Waals surface area contributed by atoms with E-state index in [1.807, 2.05) is 36.1 Å². The van der Waals surface area contributed by atoms with E-state index in [4.69, 9.17) is 9.47 Å². The Morgan fingerprint density at radius 2 is 2.17 bits per heavy atom. The van der Waals surface area contributed by atoms with Gasteiger partial charge in [-0.15, -0.1) is 0 Å². The number of rotatable bonds is 5. The zero-order valence-corrected chi connectivity index (χ0v) is 13.4. The Balaban J connectivity index is 1.69. The second-order valence-electron chi connectivity index (χ2n) is 5.77. The number of imidazole rings is 1. The van der Waals surface area contributed by atoms with Gasteiger partial charge < -0.3 is 19.4 Å². The van der Waals surface area contributed by atoms with Gasteiger partial charge >= 0.3 is 0 Å². The van der Waals surface area contributed by atoms with Crippen molar-refractivity contribution in [3.63, 3.8) is 0 Å². The number of carbonyl (C=O) groups excluding carboxylic acids is 1. The molecule has 2 aromatic rings. The summed E-state index contributed by atoms with van der Waals surface area (Å²) in [6.07, 6.45) is 3.40. The Bertz CT molecular complexity index is 640. The normalized spacial score (nSPS) is 21.5. The highest BCUT2D eigenvalue weighted by Gasteiger charge is 2.34. The van der Waals surface area contributed by atoms with Gasteiger partial charge in [-0.3, -0.25) is 4.79 Å². The molecule has 6 heteroatoms. The van der Waals surface area contributed by atoms with Gasteiger partial charge in [-0.2, -0.15) is 0 Å². The number of aromatic nitrogens is 2. The van der Waals surface area contributed by atoms with Crippen LogP contribution in [0.25, 0.3) is 0 Å². The minimum Gasteiger partial charge on any atom is -0.497 e. The highest BCUT2D eigenvalue weighted by Crippen LogP contribution is 2.20. The monoisotopic (exact) mass is 315 g/mol. The fourth-order valence-corrected chi connectivity index (χ4v) is 2.72. The molecule has 1 aromatic carbocycles. The number of nitrogens with zero attached hydrogens (tertiary/aromatic N) is 2. The summed E-state index contributed by atoms with van der Waals surface area (Å²) >= 11 is 0. The number of benzene rings is 1. The first-order chi connectivity index (χ1) is 11.2. The molecule has 1 amide bonds. The number of carbonyl (C=O) groups is 1. The van der Waals surface area contributed by atoms with Crippen molar-refractivity contribution in [2.45, 2.75) is 32.0 Å². The molecule has 0 aliphatic carbocycles. The average molecular weight is 315 g/mol. The summed E-state index contributed by atoms with van der Waals surface area (Å²) in [5, 5.41) is 0. The Morgan fingerprint density at radius 1 is 1.39 bits per heavy atom. The van der Waals surface area contributed by atoms with Gasteiger partial charge in [-0.05, 0) is 24.6 Å². The molecule has 1 N–H and O–H groups in total. The van der Waals surface area contributed by atoms with Crippen molar-refractivity contribution >= 4 is 5.91 Å². The lowest BCUT2D eigenvalue weighted by atomic mass is 10.1. The first-order valence-electron chi connectivity index (χ1n) is 7.69. The molecule has 2 atom stereocenters. The number of H-pyrrole nitrogens is 1. The number of methoxy groups -OCH3 is 1. The molecule has 2 unspecified atom stereocenters.